The maximum absolute atomic E-state index is 13.6. The number of furan rings is 1. The van der Waals surface area contributed by atoms with Gasteiger partial charge >= 0.3 is 0 Å². The predicted octanol–water partition coefficient (Wildman–Crippen LogP) is 3.64. The number of hydrogen-bond donors (Lipinski definition) is 1. The number of aryl methyl sites for hydroxylation is 2. The third kappa shape index (κ3) is 2.07. The molecule has 2 nitrogen and oxygen atoms in total. The van der Waals surface area contributed by atoms with E-state index in [1.165, 1.54) is 13.0 Å². The fourth-order valence-corrected chi connectivity index (χ4v) is 2.01. The van der Waals surface area contributed by atoms with Gasteiger partial charge in [-0.25, -0.2) is 22.0 Å². The zero-order valence-corrected chi connectivity index (χ0v) is 10.5. The topological polar surface area (TPSA) is 39.2 Å². The van der Waals surface area contributed by atoms with Crippen LogP contribution in [0.5, 0.6) is 0 Å². The number of nitrogens with two attached hydrogens (primary N) is 1. The van der Waals surface area contributed by atoms with Crippen LogP contribution in [0.4, 0.5) is 22.0 Å². The van der Waals surface area contributed by atoms with Gasteiger partial charge in [0.2, 0.25) is 5.82 Å². The molecule has 0 saturated carbocycles. The van der Waals surface area contributed by atoms with Crippen LogP contribution in [0.1, 0.15) is 28.7 Å². The highest BCUT2D eigenvalue weighted by atomic mass is 19.2. The smallest absolute Gasteiger partial charge is 0.200 e. The molecule has 1 aromatic carbocycles. The molecule has 7 heteroatoms. The van der Waals surface area contributed by atoms with E-state index in [2.05, 4.69) is 0 Å². The molecule has 2 rings (SSSR count). The van der Waals surface area contributed by atoms with Crippen LogP contribution in [0.15, 0.2) is 10.5 Å². The summed E-state index contributed by atoms with van der Waals surface area (Å²) in [5, 5.41) is 0. The van der Waals surface area contributed by atoms with E-state index in [4.69, 9.17) is 10.2 Å². The molecule has 0 aliphatic heterocycles. The Morgan fingerprint density at radius 1 is 0.900 bits per heavy atom. The summed E-state index contributed by atoms with van der Waals surface area (Å²) in [5.41, 5.74) is 4.70. The molecule has 2 N–H and O–H groups in total. The molecule has 0 radical (unpaired) electrons. The number of rotatable bonds is 2. The Bertz CT molecular complexity index is 651. The van der Waals surface area contributed by atoms with Gasteiger partial charge in [0.25, 0.3) is 0 Å². The lowest BCUT2D eigenvalue weighted by molar-refractivity contribution is 0.367. The van der Waals surface area contributed by atoms with E-state index in [1.807, 2.05) is 0 Å². The van der Waals surface area contributed by atoms with Crippen LogP contribution in [0, 0.1) is 42.9 Å². The van der Waals surface area contributed by atoms with Gasteiger partial charge in [-0.2, -0.15) is 0 Å². The van der Waals surface area contributed by atoms with Gasteiger partial charge in [0, 0.05) is 5.56 Å². The van der Waals surface area contributed by atoms with Crippen molar-refractivity contribution < 1.29 is 26.4 Å². The van der Waals surface area contributed by atoms with Gasteiger partial charge in [-0.1, -0.05) is 0 Å². The first-order valence-electron chi connectivity index (χ1n) is 5.59. The van der Waals surface area contributed by atoms with Crippen molar-refractivity contribution in [3.63, 3.8) is 0 Å². The van der Waals surface area contributed by atoms with Gasteiger partial charge in [-0.3, -0.25) is 0 Å². The Kier molecular flexibility index (Phi) is 3.56. The molecule has 20 heavy (non-hydrogen) atoms. The van der Waals surface area contributed by atoms with Crippen molar-refractivity contribution in [1.82, 2.24) is 0 Å². The molecule has 0 aliphatic rings. The quantitative estimate of drug-likeness (QED) is 0.521. The molecule has 0 spiro atoms. The molecule has 0 aliphatic carbocycles. The number of hydrogen-bond acceptors (Lipinski definition) is 2. The van der Waals surface area contributed by atoms with Crippen LogP contribution < -0.4 is 5.73 Å². The molecule has 1 heterocycles. The van der Waals surface area contributed by atoms with E-state index in [-0.39, 0.29) is 11.3 Å². The third-order valence-electron chi connectivity index (χ3n) is 2.97. The van der Waals surface area contributed by atoms with Gasteiger partial charge < -0.3 is 10.2 Å². The molecule has 0 bridgehead atoms. The Morgan fingerprint density at radius 2 is 1.35 bits per heavy atom. The Morgan fingerprint density at radius 3 is 1.75 bits per heavy atom. The minimum absolute atomic E-state index is 0.158. The Labute approximate surface area is 111 Å². The zero-order chi connectivity index (χ0) is 15.2. The summed E-state index contributed by atoms with van der Waals surface area (Å²) in [6.45, 7) is 3.05. The average Bonchev–Trinajstić information content (AvgIpc) is 2.73. The standard InChI is InChI=1S/C13H10F5NO/c1-4-3-6(5(2)20-4)13(19)7-8(14)10(16)12(18)11(17)9(7)15/h3,13H,19H2,1-2H3. The molecule has 0 amide bonds. The lowest BCUT2D eigenvalue weighted by Gasteiger charge is -2.14. The van der Waals surface area contributed by atoms with Gasteiger partial charge in [-0.15, -0.1) is 0 Å². The normalized spacial score (nSPS) is 12.8. The van der Waals surface area contributed by atoms with Crippen molar-refractivity contribution in [3.8, 4) is 0 Å². The molecule has 0 saturated heterocycles. The minimum Gasteiger partial charge on any atom is -0.466 e. The summed E-state index contributed by atoms with van der Waals surface area (Å²) in [6, 6.07) is -0.130. The molecular formula is C13H10F5NO. The fourth-order valence-electron chi connectivity index (χ4n) is 2.01. The fraction of sp³-hybridized carbons (Fsp3) is 0.231. The highest BCUT2D eigenvalue weighted by molar-refractivity contribution is 5.36. The minimum atomic E-state index is -2.21. The van der Waals surface area contributed by atoms with E-state index < -0.39 is 40.7 Å². The first-order chi connectivity index (χ1) is 9.25. The van der Waals surface area contributed by atoms with Gasteiger partial charge in [0.1, 0.15) is 11.5 Å². The van der Waals surface area contributed by atoms with Gasteiger partial charge in [-0.05, 0) is 19.9 Å². The molecule has 0 fully saturated rings. The molecule has 2 aromatic rings. The highest BCUT2D eigenvalue weighted by Crippen LogP contribution is 2.32. The second kappa shape index (κ2) is 4.90. The second-order valence-corrected chi connectivity index (χ2v) is 4.33. The van der Waals surface area contributed by atoms with Crippen molar-refractivity contribution in [2.75, 3.05) is 0 Å². The molecule has 108 valence electrons. The van der Waals surface area contributed by atoms with Crippen LogP contribution in [0.2, 0.25) is 0 Å². The number of benzene rings is 1. The van der Waals surface area contributed by atoms with Crippen molar-refractivity contribution in [2.24, 2.45) is 5.73 Å². The van der Waals surface area contributed by atoms with E-state index in [0.29, 0.717) is 5.76 Å². The largest absolute Gasteiger partial charge is 0.466 e. The summed E-state index contributed by atoms with van der Waals surface area (Å²) >= 11 is 0. The molecule has 1 aromatic heterocycles. The van der Waals surface area contributed by atoms with Gasteiger partial charge in [0.15, 0.2) is 23.3 Å². The summed E-state index contributed by atoms with van der Waals surface area (Å²) in [5.74, 6) is -9.47. The number of halogens is 5. The van der Waals surface area contributed by atoms with Crippen LogP contribution in [0.25, 0.3) is 0 Å². The maximum Gasteiger partial charge on any atom is 0.200 e. The van der Waals surface area contributed by atoms with E-state index in [0.717, 1.165) is 0 Å². The lowest BCUT2D eigenvalue weighted by atomic mass is 9.98. The van der Waals surface area contributed by atoms with E-state index >= 15 is 0 Å². The molecule has 1 unspecified atom stereocenters. The van der Waals surface area contributed by atoms with Crippen molar-refractivity contribution in [2.45, 2.75) is 19.9 Å². The monoisotopic (exact) mass is 291 g/mol. The highest BCUT2D eigenvalue weighted by Gasteiger charge is 2.30. The molecule has 1 atom stereocenters. The first-order valence-corrected chi connectivity index (χ1v) is 5.59. The van der Waals surface area contributed by atoms with Crippen LogP contribution in [-0.2, 0) is 0 Å². The Hall–Kier alpha value is -1.89. The average molecular weight is 291 g/mol. The maximum atomic E-state index is 13.6. The summed E-state index contributed by atoms with van der Waals surface area (Å²) in [6.07, 6.45) is 0. The van der Waals surface area contributed by atoms with Gasteiger partial charge in [0.05, 0.1) is 11.6 Å². The zero-order valence-electron chi connectivity index (χ0n) is 10.5. The van der Waals surface area contributed by atoms with Crippen LogP contribution in [-0.4, -0.2) is 0 Å². The second-order valence-electron chi connectivity index (χ2n) is 4.33. The summed E-state index contributed by atoms with van der Waals surface area (Å²) < 4.78 is 71.7. The summed E-state index contributed by atoms with van der Waals surface area (Å²) in [4.78, 5) is 0. The van der Waals surface area contributed by atoms with E-state index in [1.54, 1.807) is 6.92 Å². The van der Waals surface area contributed by atoms with Crippen molar-refractivity contribution >= 4 is 0 Å². The van der Waals surface area contributed by atoms with Crippen molar-refractivity contribution in [1.29, 1.82) is 0 Å². The lowest BCUT2D eigenvalue weighted by Crippen LogP contribution is -2.19. The first kappa shape index (κ1) is 14.5. The van der Waals surface area contributed by atoms with Crippen molar-refractivity contribution in [3.05, 3.63) is 57.8 Å². The summed E-state index contributed by atoms with van der Waals surface area (Å²) in [7, 11) is 0. The predicted molar refractivity (Wildman–Crippen MR) is 60.4 cm³/mol. The third-order valence-corrected chi connectivity index (χ3v) is 2.97. The van der Waals surface area contributed by atoms with Crippen LogP contribution in [0.3, 0.4) is 0 Å². The Balaban J connectivity index is 2.67. The molecular weight excluding hydrogens is 281 g/mol. The van der Waals surface area contributed by atoms with E-state index in [9.17, 15) is 22.0 Å². The SMILES string of the molecule is Cc1cc(C(N)c2c(F)c(F)c(F)c(F)c2F)c(C)o1. The van der Waals surface area contributed by atoms with Crippen LogP contribution >= 0.6 is 0 Å².